The topological polar surface area (TPSA) is 72.2 Å². The van der Waals surface area contributed by atoms with Crippen molar-refractivity contribution in [3.63, 3.8) is 0 Å². The average Bonchev–Trinajstić information content (AvgIpc) is 2.86. The maximum atomic E-state index is 6.11. The molecule has 0 fully saturated rings. The molecule has 1 aromatic heterocycles. The number of methoxy groups -OCH3 is 1. The summed E-state index contributed by atoms with van der Waals surface area (Å²) in [5, 5.41) is 14.7. The average molecular weight is 311 g/mol. The molecule has 0 atom stereocenters. The van der Waals surface area contributed by atoms with Gasteiger partial charge < -0.3 is 19.8 Å². The zero-order valence-electron chi connectivity index (χ0n) is 12.5. The molecular formula is C14H19ClN4O2. The number of nitrogens with zero attached hydrogens (tertiary/aromatic N) is 2. The van der Waals surface area contributed by atoms with Crippen molar-refractivity contribution in [1.29, 1.82) is 0 Å². The molecule has 0 spiro atoms. The van der Waals surface area contributed by atoms with Crippen molar-refractivity contribution in [1.82, 2.24) is 15.5 Å². The molecule has 0 aliphatic carbocycles. The Morgan fingerprint density at radius 1 is 1.29 bits per heavy atom. The summed E-state index contributed by atoms with van der Waals surface area (Å²) in [6, 6.07) is 5.57. The number of anilines is 2. The van der Waals surface area contributed by atoms with Crippen LogP contribution in [-0.2, 0) is 6.54 Å². The molecule has 0 radical (unpaired) electrons. The quantitative estimate of drug-likeness (QED) is 0.882. The zero-order chi connectivity index (χ0) is 15.5. The molecule has 2 aromatic rings. The second kappa shape index (κ2) is 6.32. The highest BCUT2D eigenvalue weighted by molar-refractivity contribution is 6.33. The first-order chi connectivity index (χ1) is 9.87. The molecule has 6 nitrogen and oxygen atoms in total. The lowest BCUT2D eigenvalue weighted by Gasteiger charge is -2.18. The minimum Gasteiger partial charge on any atom is -0.497 e. The smallest absolute Gasteiger partial charge is 0.320 e. The van der Waals surface area contributed by atoms with Gasteiger partial charge in [0.05, 0.1) is 24.4 Å². The van der Waals surface area contributed by atoms with Crippen molar-refractivity contribution in [3.8, 4) is 5.75 Å². The SMILES string of the molecule is COc1ccc(Cl)c(Nc2nnc(CNC(C)(C)C)o2)c1. The zero-order valence-corrected chi connectivity index (χ0v) is 13.3. The van der Waals surface area contributed by atoms with Gasteiger partial charge in [-0.25, -0.2) is 0 Å². The lowest BCUT2D eigenvalue weighted by Crippen LogP contribution is -2.35. The van der Waals surface area contributed by atoms with Gasteiger partial charge >= 0.3 is 6.01 Å². The summed E-state index contributed by atoms with van der Waals surface area (Å²) in [5.74, 6) is 1.20. The Bertz CT molecular complexity index is 607. The van der Waals surface area contributed by atoms with Gasteiger partial charge in [-0.05, 0) is 32.9 Å². The van der Waals surface area contributed by atoms with E-state index in [9.17, 15) is 0 Å². The predicted molar refractivity (Wildman–Crippen MR) is 82.2 cm³/mol. The Hall–Kier alpha value is -1.79. The van der Waals surface area contributed by atoms with Gasteiger partial charge in [-0.3, -0.25) is 0 Å². The molecule has 0 saturated carbocycles. The molecule has 2 rings (SSSR count). The van der Waals surface area contributed by atoms with Gasteiger partial charge in [0.2, 0.25) is 5.89 Å². The normalized spacial score (nSPS) is 11.5. The molecule has 0 aliphatic rings. The largest absolute Gasteiger partial charge is 0.497 e. The Balaban J connectivity index is 2.05. The van der Waals surface area contributed by atoms with Gasteiger partial charge in [-0.15, -0.1) is 5.10 Å². The Morgan fingerprint density at radius 2 is 2.05 bits per heavy atom. The number of ether oxygens (including phenoxy) is 1. The second-order valence-electron chi connectivity index (χ2n) is 5.58. The van der Waals surface area contributed by atoms with Crippen molar-refractivity contribution in [2.45, 2.75) is 32.9 Å². The number of hydrogen-bond donors (Lipinski definition) is 2. The summed E-state index contributed by atoms with van der Waals surface area (Å²) in [4.78, 5) is 0. The van der Waals surface area contributed by atoms with Crippen molar-refractivity contribution in [2.75, 3.05) is 12.4 Å². The highest BCUT2D eigenvalue weighted by Crippen LogP contribution is 2.29. The van der Waals surface area contributed by atoms with Crippen LogP contribution < -0.4 is 15.4 Å². The summed E-state index contributed by atoms with van der Waals surface area (Å²) in [6.45, 7) is 6.71. The van der Waals surface area contributed by atoms with E-state index in [0.717, 1.165) is 0 Å². The van der Waals surface area contributed by atoms with E-state index in [1.54, 1.807) is 25.3 Å². The van der Waals surface area contributed by atoms with Crippen LogP contribution in [0.5, 0.6) is 5.75 Å². The van der Waals surface area contributed by atoms with Crippen molar-refractivity contribution in [2.24, 2.45) is 0 Å². The van der Waals surface area contributed by atoms with Crippen LogP contribution in [0.25, 0.3) is 0 Å². The van der Waals surface area contributed by atoms with E-state index in [0.29, 0.717) is 28.9 Å². The number of halogens is 1. The van der Waals surface area contributed by atoms with Crippen molar-refractivity contribution >= 4 is 23.3 Å². The number of rotatable bonds is 5. The lowest BCUT2D eigenvalue weighted by atomic mass is 10.1. The molecule has 7 heteroatoms. The van der Waals surface area contributed by atoms with Crippen LogP contribution in [0, 0.1) is 0 Å². The van der Waals surface area contributed by atoms with E-state index in [-0.39, 0.29) is 11.6 Å². The van der Waals surface area contributed by atoms with Crippen LogP contribution in [-0.4, -0.2) is 22.8 Å². The van der Waals surface area contributed by atoms with Gasteiger partial charge in [0.25, 0.3) is 0 Å². The van der Waals surface area contributed by atoms with Crippen LogP contribution in [0.4, 0.5) is 11.7 Å². The highest BCUT2D eigenvalue weighted by atomic mass is 35.5. The minimum atomic E-state index is -0.0157. The fourth-order valence-corrected chi connectivity index (χ4v) is 1.72. The molecule has 0 aliphatic heterocycles. The summed E-state index contributed by atoms with van der Waals surface area (Å²) >= 11 is 6.11. The standard InChI is InChI=1S/C14H19ClN4O2/c1-14(2,3)16-8-12-18-19-13(21-12)17-11-7-9(20-4)5-6-10(11)15/h5-7,16H,8H2,1-4H3,(H,17,19). The van der Waals surface area contributed by atoms with Crippen molar-refractivity contribution in [3.05, 3.63) is 29.1 Å². The Morgan fingerprint density at radius 3 is 2.71 bits per heavy atom. The molecule has 2 N–H and O–H groups in total. The van der Waals surface area contributed by atoms with Crippen LogP contribution in [0.1, 0.15) is 26.7 Å². The van der Waals surface area contributed by atoms with Gasteiger partial charge in [0, 0.05) is 11.6 Å². The second-order valence-corrected chi connectivity index (χ2v) is 5.98. The summed E-state index contributed by atoms with van der Waals surface area (Å²) in [7, 11) is 1.59. The van der Waals surface area contributed by atoms with E-state index in [2.05, 4.69) is 41.6 Å². The number of benzene rings is 1. The Labute approximate surface area is 128 Å². The highest BCUT2D eigenvalue weighted by Gasteiger charge is 2.13. The maximum absolute atomic E-state index is 6.11. The van der Waals surface area contributed by atoms with E-state index in [4.69, 9.17) is 20.8 Å². The van der Waals surface area contributed by atoms with Gasteiger partial charge in [-0.2, -0.15) is 0 Å². The molecular weight excluding hydrogens is 292 g/mol. The summed E-state index contributed by atoms with van der Waals surface area (Å²) in [5.41, 5.74) is 0.632. The molecule has 0 amide bonds. The van der Waals surface area contributed by atoms with Crippen LogP contribution >= 0.6 is 11.6 Å². The molecule has 0 unspecified atom stereocenters. The van der Waals surface area contributed by atoms with E-state index >= 15 is 0 Å². The van der Waals surface area contributed by atoms with Gasteiger partial charge in [0.1, 0.15) is 5.75 Å². The van der Waals surface area contributed by atoms with Crippen molar-refractivity contribution < 1.29 is 9.15 Å². The van der Waals surface area contributed by atoms with Gasteiger partial charge in [0.15, 0.2) is 0 Å². The molecule has 0 saturated heterocycles. The van der Waals surface area contributed by atoms with Crippen LogP contribution in [0.15, 0.2) is 22.6 Å². The number of hydrogen-bond acceptors (Lipinski definition) is 6. The summed E-state index contributed by atoms with van der Waals surface area (Å²) in [6.07, 6.45) is 0. The predicted octanol–water partition coefficient (Wildman–Crippen LogP) is 3.36. The van der Waals surface area contributed by atoms with Crippen LogP contribution in [0.3, 0.4) is 0 Å². The molecule has 0 bridgehead atoms. The molecule has 1 aromatic carbocycles. The maximum Gasteiger partial charge on any atom is 0.320 e. The third-order valence-electron chi connectivity index (χ3n) is 2.65. The first-order valence-corrected chi connectivity index (χ1v) is 6.93. The first-order valence-electron chi connectivity index (χ1n) is 6.55. The van der Waals surface area contributed by atoms with E-state index < -0.39 is 0 Å². The molecule has 1 heterocycles. The van der Waals surface area contributed by atoms with Gasteiger partial charge in [-0.1, -0.05) is 16.7 Å². The lowest BCUT2D eigenvalue weighted by molar-refractivity contribution is 0.384. The third-order valence-corrected chi connectivity index (χ3v) is 2.98. The fraction of sp³-hybridized carbons (Fsp3) is 0.429. The number of aromatic nitrogens is 2. The number of nitrogens with one attached hydrogen (secondary N) is 2. The molecule has 21 heavy (non-hydrogen) atoms. The summed E-state index contributed by atoms with van der Waals surface area (Å²) < 4.78 is 10.7. The first kappa shape index (κ1) is 15.6. The third kappa shape index (κ3) is 4.61. The Kier molecular flexibility index (Phi) is 4.69. The van der Waals surface area contributed by atoms with E-state index in [1.807, 2.05) is 0 Å². The fourth-order valence-electron chi connectivity index (χ4n) is 1.56. The molecule has 114 valence electrons. The minimum absolute atomic E-state index is 0.0157. The monoisotopic (exact) mass is 310 g/mol. The van der Waals surface area contributed by atoms with Crippen LogP contribution in [0.2, 0.25) is 5.02 Å². The van der Waals surface area contributed by atoms with E-state index in [1.165, 1.54) is 0 Å².